The van der Waals surface area contributed by atoms with Crippen molar-refractivity contribution in [1.82, 2.24) is 10.9 Å². The smallest absolute Gasteiger partial charge is 0.279 e. The Labute approximate surface area is 157 Å². The summed E-state index contributed by atoms with van der Waals surface area (Å²) in [5.41, 5.74) is 5.73. The average molecular weight is 370 g/mol. The average Bonchev–Trinajstić information content (AvgIpc) is 3.12. The predicted molar refractivity (Wildman–Crippen MR) is 98.5 cm³/mol. The van der Waals surface area contributed by atoms with E-state index in [1.165, 1.54) is 0 Å². The molecule has 0 unspecified atom stereocenters. The molecule has 0 spiro atoms. The molecule has 1 aliphatic rings. The highest BCUT2D eigenvalue weighted by atomic mass is 16.5. The van der Waals surface area contributed by atoms with Gasteiger partial charge in [0, 0.05) is 6.42 Å². The van der Waals surface area contributed by atoms with Gasteiger partial charge in [-0.15, -0.1) is 0 Å². The van der Waals surface area contributed by atoms with E-state index < -0.39 is 24.0 Å². The standard InChI is InChI=1S/C20H22N2O5/c1-3-25-15-8-10-16(11-9-15)26-13(2)19(23)21-22-20(24)18-12-14-6-4-5-7-17(14)27-18/h4-11,13,18H,3,12H2,1-2H3,(H,21,23)(H,22,24)/t13-,18+/m1/s1. The van der Waals surface area contributed by atoms with E-state index in [1.54, 1.807) is 31.2 Å². The first-order valence-electron chi connectivity index (χ1n) is 8.80. The monoisotopic (exact) mass is 370 g/mol. The molecule has 0 radical (unpaired) electrons. The van der Waals surface area contributed by atoms with Crippen LogP contribution in [0.15, 0.2) is 48.5 Å². The Balaban J connectivity index is 1.45. The van der Waals surface area contributed by atoms with Gasteiger partial charge in [-0.1, -0.05) is 18.2 Å². The Kier molecular flexibility index (Phi) is 5.80. The first kappa shape index (κ1) is 18.6. The zero-order valence-corrected chi connectivity index (χ0v) is 15.2. The highest BCUT2D eigenvalue weighted by molar-refractivity contribution is 5.87. The molecule has 7 nitrogen and oxygen atoms in total. The quantitative estimate of drug-likeness (QED) is 0.760. The molecular formula is C20H22N2O5. The number of benzene rings is 2. The Morgan fingerprint density at radius 3 is 2.52 bits per heavy atom. The van der Waals surface area contributed by atoms with Crippen molar-refractivity contribution >= 4 is 11.8 Å². The Morgan fingerprint density at radius 2 is 1.81 bits per heavy atom. The lowest BCUT2D eigenvalue weighted by Gasteiger charge is -2.16. The number of carbonyl (C=O) groups is 2. The molecule has 2 aromatic carbocycles. The minimum Gasteiger partial charge on any atom is -0.494 e. The Morgan fingerprint density at radius 1 is 1.11 bits per heavy atom. The van der Waals surface area contributed by atoms with Crippen LogP contribution in [-0.4, -0.2) is 30.6 Å². The molecule has 2 N–H and O–H groups in total. The molecule has 1 aliphatic heterocycles. The molecule has 1 heterocycles. The van der Waals surface area contributed by atoms with Gasteiger partial charge in [0.2, 0.25) is 0 Å². The molecule has 27 heavy (non-hydrogen) atoms. The summed E-state index contributed by atoms with van der Waals surface area (Å²) in [5.74, 6) is 1.07. The largest absolute Gasteiger partial charge is 0.494 e. The number of amides is 2. The Hall–Kier alpha value is -3.22. The molecule has 7 heteroatoms. The van der Waals surface area contributed by atoms with Gasteiger partial charge in [-0.2, -0.15) is 0 Å². The highest BCUT2D eigenvalue weighted by Crippen LogP contribution is 2.28. The molecule has 2 atom stereocenters. The SMILES string of the molecule is CCOc1ccc(O[C@H](C)C(=O)NNC(=O)[C@@H]2Cc3ccccc3O2)cc1. The maximum absolute atomic E-state index is 12.2. The number of nitrogens with one attached hydrogen (secondary N) is 2. The Bertz CT molecular complexity index is 781. The van der Waals surface area contributed by atoms with Crippen LogP contribution >= 0.6 is 0 Å². The molecule has 0 aliphatic carbocycles. The van der Waals surface area contributed by atoms with Crippen molar-refractivity contribution in [2.45, 2.75) is 32.5 Å². The van der Waals surface area contributed by atoms with Crippen molar-refractivity contribution in [2.24, 2.45) is 0 Å². The van der Waals surface area contributed by atoms with Gasteiger partial charge in [0.1, 0.15) is 17.2 Å². The maximum atomic E-state index is 12.2. The molecule has 0 bridgehead atoms. The summed E-state index contributed by atoms with van der Waals surface area (Å²) in [4.78, 5) is 24.3. The zero-order chi connectivity index (χ0) is 19.2. The van der Waals surface area contributed by atoms with E-state index in [4.69, 9.17) is 14.2 Å². The topological polar surface area (TPSA) is 85.9 Å². The van der Waals surface area contributed by atoms with Crippen LogP contribution < -0.4 is 25.1 Å². The maximum Gasteiger partial charge on any atom is 0.279 e. The van der Waals surface area contributed by atoms with Gasteiger partial charge in [0.05, 0.1) is 6.61 Å². The summed E-state index contributed by atoms with van der Waals surface area (Å²) in [6, 6.07) is 14.4. The van der Waals surface area contributed by atoms with Crippen LogP contribution in [0.5, 0.6) is 17.2 Å². The van der Waals surface area contributed by atoms with Crippen LogP contribution in [0.25, 0.3) is 0 Å². The van der Waals surface area contributed by atoms with Crippen LogP contribution in [0, 0.1) is 0 Å². The van der Waals surface area contributed by atoms with Gasteiger partial charge in [0.25, 0.3) is 11.8 Å². The minimum atomic E-state index is -0.787. The summed E-state index contributed by atoms with van der Waals surface area (Å²) >= 11 is 0. The van der Waals surface area contributed by atoms with E-state index in [2.05, 4.69) is 10.9 Å². The summed E-state index contributed by atoms with van der Waals surface area (Å²) in [6.45, 7) is 4.08. The molecule has 3 rings (SSSR count). The van der Waals surface area contributed by atoms with Crippen molar-refractivity contribution in [3.63, 3.8) is 0 Å². The van der Waals surface area contributed by atoms with Gasteiger partial charge in [-0.05, 0) is 49.7 Å². The van der Waals surface area contributed by atoms with Crippen LogP contribution in [0.1, 0.15) is 19.4 Å². The number of para-hydroxylation sites is 1. The van der Waals surface area contributed by atoms with E-state index >= 15 is 0 Å². The summed E-state index contributed by atoms with van der Waals surface area (Å²) < 4.78 is 16.5. The van der Waals surface area contributed by atoms with Gasteiger partial charge in [-0.3, -0.25) is 20.4 Å². The molecule has 0 saturated heterocycles. The van der Waals surface area contributed by atoms with E-state index in [0.717, 1.165) is 11.3 Å². The fourth-order valence-electron chi connectivity index (χ4n) is 2.67. The fraction of sp³-hybridized carbons (Fsp3) is 0.300. The molecule has 2 amide bonds. The van der Waals surface area contributed by atoms with E-state index in [0.29, 0.717) is 24.5 Å². The highest BCUT2D eigenvalue weighted by Gasteiger charge is 2.29. The summed E-state index contributed by atoms with van der Waals surface area (Å²) in [7, 11) is 0. The molecule has 0 aromatic heterocycles. The fourth-order valence-corrected chi connectivity index (χ4v) is 2.67. The molecule has 0 fully saturated rings. The third-order valence-electron chi connectivity index (χ3n) is 4.07. The number of hydrogen-bond acceptors (Lipinski definition) is 5. The molecule has 0 saturated carbocycles. The van der Waals surface area contributed by atoms with Gasteiger partial charge in [-0.25, -0.2) is 0 Å². The van der Waals surface area contributed by atoms with E-state index in [-0.39, 0.29) is 0 Å². The van der Waals surface area contributed by atoms with E-state index in [9.17, 15) is 9.59 Å². The second-order valence-corrected chi connectivity index (χ2v) is 6.06. The predicted octanol–water partition coefficient (Wildman–Crippen LogP) is 2.00. The molecule has 142 valence electrons. The third kappa shape index (κ3) is 4.69. The lowest BCUT2D eigenvalue weighted by atomic mass is 10.1. The third-order valence-corrected chi connectivity index (χ3v) is 4.07. The van der Waals surface area contributed by atoms with Gasteiger partial charge in [0.15, 0.2) is 12.2 Å². The van der Waals surface area contributed by atoms with Crippen molar-refractivity contribution in [3.8, 4) is 17.2 Å². The molecule has 2 aromatic rings. The lowest BCUT2D eigenvalue weighted by molar-refractivity contribution is -0.135. The van der Waals surface area contributed by atoms with Crippen LogP contribution in [0.2, 0.25) is 0 Å². The second-order valence-electron chi connectivity index (χ2n) is 6.06. The normalized spacial score (nSPS) is 15.9. The van der Waals surface area contributed by atoms with Gasteiger partial charge >= 0.3 is 0 Å². The minimum absolute atomic E-state index is 0.409. The van der Waals surface area contributed by atoms with Crippen molar-refractivity contribution < 1.29 is 23.8 Å². The number of hydrogen-bond donors (Lipinski definition) is 2. The first-order chi connectivity index (χ1) is 13.1. The van der Waals surface area contributed by atoms with Crippen LogP contribution in [-0.2, 0) is 16.0 Å². The van der Waals surface area contributed by atoms with E-state index in [1.807, 2.05) is 31.2 Å². The number of fused-ring (bicyclic) bond motifs is 1. The number of carbonyl (C=O) groups excluding carboxylic acids is 2. The van der Waals surface area contributed by atoms with Crippen molar-refractivity contribution in [1.29, 1.82) is 0 Å². The number of hydrazine groups is 1. The summed E-state index contributed by atoms with van der Waals surface area (Å²) in [5, 5.41) is 0. The van der Waals surface area contributed by atoms with Crippen molar-refractivity contribution in [3.05, 3.63) is 54.1 Å². The van der Waals surface area contributed by atoms with Gasteiger partial charge < -0.3 is 14.2 Å². The second kappa shape index (κ2) is 8.44. The van der Waals surface area contributed by atoms with Crippen LogP contribution in [0.4, 0.5) is 0 Å². The van der Waals surface area contributed by atoms with Crippen molar-refractivity contribution in [2.75, 3.05) is 6.61 Å². The molecular weight excluding hydrogens is 348 g/mol. The van der Waals surface area contributed by atoms with Crippen LogP contribution in [0.3, 0.4) is 0 Å². The first-order valence-corrected chi connectivity index (χ1v) is 8.80. The lowest BCUT2D eigenvalue weighted by Crippen LogP contribution is -2.51. The summed E-state index contributed by atoms with van der Waals surface area (Å²) in [6.07, 6.45) is -0.981. The number of rotatable bonds is 6. The number of ether oxygens (including phenoxy) is 3. The zero-order valence-electron chi connectivity index (χ0n) is 15.2.